The van der Waals surface area contributed by atoms with E-state index in [0.29, 0.717) is 5.11 Å². The van der Waals surface area contributed by atoms with Gasteiger partial charge in [-0.1, -0.05) is 48.5 Å². The number of nitrogens with one attached hydrogen (secondary N) is 1. The van der Waals surface area contributed by atoms with Crippen LogP contribution in [0.3, 0.4) is 0 Å². The number of ether oxygens (including phenoxy) is 1. The number of para-hydroxylation sites is 2. The van der Waals surface area contributed by atoms with E-state index in [1.807, 2.05) is 84.9 Å². The normalized spacial score (nSPS) is 18.1. The van der Waals surface area contributed by atoms with Gasteiger partial charge in [-0.2, -0.15) is 0 Å². The van der Waals surface area contributed by atoms with Crippen LogP contribution in [0.1, 0.15) is 23.5 Å². The van der Waals surface area contributed by atoms with Crippen molar-refractivity contribution in [1.82, 2.24) is 10.3 Å². The molecule has 1 aliphatic heterocycles. The second-order valence-corrected chi connectivity index (χ2v) is 7.62. The lowest BCUT2D eigenvalue weighted by atomic mass is 10.0. The van der Waals surface area contributed by atoms with Crippen LogP contribution in [0.2, 0.25) is 0 Å². The molecule has 31 heavy (non-hydrogen) atoms. The lowest BCUT2D eigenvalue weighted by Crippen LogP contribution is -2.29. The van der Waals surface area contributed by atoms with E-state index in [4.69, 9.17) is 21.4 Å². The van der Waals surface area contributed by atoms with Crippen molar-refractivity contribution < 1.29 is 9.15 Å². The molecule has 2 aromatic heterocycles. The highest BCUT2D eigenvalue weighted by Gasteiger charge is 2.43. The van der Waals surface area contributed by atoms with E-state index in [1.165, 1.54) is 0 Å². The number of hydrogen-bond donors (Lipinski definition) is 1. The molecule has 5 nitrogen and oxygen atoms in total. The maximum Gasteiger partial charge on any atom is 0.174 e. The molecule has 0 radical (unpaired) electrons. The smallest absolute Gasteiger partial charge is 0.174 e. The Morgan fingerprint density at radius 1 is 0.935 bits per heavy atom. The zero-order valence-corrected chi connectivity index (χ0v) is 17.8. The zero-order valence-electron chi connectivity index (χ0n) is 16.9. The van der Waals surface area contributed by atoms with Gasteiger partial charge in [0.15, 0.2) is 5.11 Å². The fourth-order valence-electron chi connectivity index (χ4n) is 4.00. The minimum absolute atomic E-state index is 0.173. The number of methoxy groups -OCH3 is 1. The van der Waals surface area contributed by atoms with Crippen LogP contribution in [-0.2, 0) is 0 Å². The summed E-state index contributed by atoms with van der Waals surface area (Å²) in [7, 11) is 1.66. The van der Waals surface area contributed by atoms with Crippen LogP contribution in [0.4, 0.5) is 5.69 Å². The second-order valence-electron chi connectivity index (χ2n) is 7.24. The minimum Gasteiger partial charge on any atom is -0.495 e. The molecule has 0 saturated carbocycles. The summed E-state index contributed by atoms with van der Waals surface area (Å²) in [5, 5.41) is 4.05. The molecule has 1 fully saturated rings. The van der Waals surface area contributed by atoms with Crippen molar-refractivity contribution in [3.05, 3.63) is 103 Å². The first-order chi connectivity index (χ1) is 15.3. The molecular formula is C25H21N3O2S. The molecule has 1 aliphatic rings. The van der Waals surface area contributed by atoms with E-state index in [1.54, 1.807) is 13.3 Å². The highest BCUT2D eigenvalue weighted by atomic mass is 32.1. The summed E-state index contributed by atoms with van der Waals surface area (Å²) in [6.07, 6.45) is 1.79. The number of nitrogens with zero attached hydrogens (tertiary/aromatic N) is 2. The lowest BCUT2D eigenvalue weighted by Gasteiger charge is -2.27. The van der Waals surface area contributed by atoms with Crippen LogP contribution in [0, 0.1) is 0 Å². The summed E-state index contributed by atoms with van der Waals surface area (Å²) in [6, 6.07) is 27.4. The molecule has 0 bridgehead atoms. The van der Waals surface area contributed by atoms with E-state index in [-0.39, 0.29) is 12.1 Å². The predicted octanol–water partition coefficient (Wildman–Crippen LogP) is 5.53. The largest absolute Gasteiger partial charge is 0.495 e. The van der Waals surface area contributed by atoms with E-state index in [9.17, 15) is 0 Å². The van der Waals surface area contributed by atoms with Crippen LogP contribution in [0.25, 0.3) is 11.3 Å². The average molecular weight is 428 g/mol. The first-order valence-electron chi connectivity index (χ1n) is 10.0. The molecule has 0 unspecified atom stereocenters. The number of hydrogen-bond acceptors (Lipinski definition) is 4. The monoisotopic (exact) mass is 427 g/mol. The summed E-state index contributed by atoms with van der Waals surface area (Å²) < 4.78 is 12.0. The highest BCUT2D eigenvalue weighted by molar-refractivity contribution is 7.80. The van der Waals surface area contributed by atoms with Gasteiger partial charge < -0.3 is 19.4 Å². The summed E-state index contributed by atoms with van der Waals surface area (Å²) in [6.45, 7) is 0. The van der Waals surface area contributed by atoms with E-state index >= 15 is 0 Å². The van der Waals surface area contributed by atoms with Crippen molar-refractivity contribution in [3.63, 3.8) is 0 Å². The molecule has 2 aromatic carbocycles. The Hall–Kier alpha value is -3.64. The van der Waals surface area contributed by atoms with Crippen LogP contribution in [-0.4, -0.2) is 17.2 Å². The summed E-state index contributed by atoms with van der Waals surface area (Å²) in [5.74, 6) is 2.36. The van der Waals surface area contributed by atoms with Gasteiger partial charge in [0.2, 0.25) is 0 Å². The molecule has 6 heteroatoms. The third kappa shape index (κ3) is 3.55. The predicted molar refractivity (Wildman–Crippen MR) is 125 cm³/mol. The Balaban J connectivity index is 1.63. The zero-order chi connectivity index (χ0) is 21.2. The maximum absolute atomic E-state index is 6.37. The van der Waals surface area contributed by atoms with E-state index < -0.39 is 0 Å². The van der Waals surface area contributed by atoms with Crippen molar-refractivity contribution in [2.45, 2.75) is 12.1 Å². The maximum atomic E-state index is 6.37. The SMILES string of the molecule is COc1ccccc1N1C(=S)N[C@@H](c2ccccn2)[C@@H]1c1ccc(-c2ccccc2)o1. The van der Waals surface area contributed by atoms with E-state index in [2.05, 4.69) is 15.2 Å². The first kappa shape index (κ1) is 19.3. The van der Waals surface area contributed by atoms with Gasteiger partial charge in [-0.3, -0.25) is 4.98 Å². The standard InChI is InChI=1S/C25H21N3O2S/c1-29-21-13-6-5-12-19(21)28-24(23(27-25(28)31)18-11-7-8-16-26-18)22-15-14-20(30-22)17-9-3-2-4-10-17/h2-16,23-24H,1H3,(H,27,31)/t23-,24-/m0/s1. The van der Waals surface area contributed by atoms with Gasteiger partial charge in [0.1, 0.15) is 23.3 Å². The third-order valence-electron chi connectivity index (χ3n) is 5.42. The Kier molecular flexibility index (Phi) is 5.14. The summed E-state index contributed by atoms with van der Waals surface area (Å²) in [5.41, 5.74) is 2.80. The highest BCUT2D eigenvalue weighted by Crippen LogP contribution is 2.45. The van der Waals surface area contributed by atoms with Crippen molar-refractivity contribution in [3.8, 4) is 17.1 Å². The van der Waals surface area contributed by atoms with Crippen molar-refractivity contribution in [1.29, 1.82) is 0 Å². The van der Waals surface area contributed by atoms with Gasteiger partial charge in [-0.25, -0.2) is 0 Å². The fraction of sp³-hybridized carbons (Fsp3) is 0.120. The summed E-state index contributed by atoms with van der Waals surface area (Å²) in [4.78, 5) is 6.64. The molecule has 0 aliphatic carbocycles. The number of pyridine rings is 1. The second kappa shape index (κ2) is 8.24. The molecule has 5 rings (SSSR count). The van der Waals surface area contributed by atoms with Gasteiger partial charge in [-0.05, 0) is 48.6 Å². The van der Waals surface area contributed by atoms with Crippen molar-refractivity contribution >= 4 is 23.0 Å². The van der Waals surface area contributed by atoms with E-state index in [0.717, 1.165) is 34.2 Å². The van der Waals surface area contributed by atoms with Crippen molar-refractivity contribution in [2.24, 2.45) is 0 Å². The van der Waals surface area contributed by atoms with Crippen LogP contribution < -0.4 is 15.0 Å². The molecule has 0 spiro atoms. The van der Waals surface area contributed by atoms with Crippen LogP contribution >= 0.6 is 12.2 Å². The van der Waals surface area contributed by atoms with Gasteiger partial charge in [0.05, 0.1) is 24.5 Å². The third-order valence-corrected chi connectivity index (χ3v) is 5.73. The molecule has 2 atom stereocenters. The average Bonchev–Trinajstić information content (AvgIpc) is 3.45. The molecule has 1 N–H and O–H groups in total. The molecule has 0 amide bonds. The number of rotatable bonds is 5. The number of anilines is 1. The minimum atomic E-state index is -0.226. The molecule has 1 saturated heterocycles. The number of thiocarbonyl (C=S) groups is 1. The van der Waals surface area contributed by atoms with Crippen molar-refractivity contribution in [2.75, 3.05) is 12.0 Å². The topological polar surface area (TPSA) is 50.5 Å². The number of furan rings is 1. The Morgan fingerprint density at radius 2 is 1.71 bits per heavy atom. The summed E-state index contributed by atoms with van der Waals surface area (Å²) >= 11 is 5.77. The molecule has 3 heterocycles. The Labute approximate surface area is 186 Å². The molecule has 154 valence electrons. The quantitative estimate of drug-likeness (QED) is 0.423. The Morgan fingerprint density at radius 3 is 2.48 bits per heavy atom. The number of aromatic nitrogens is 1. The van der Waals surface area contributed by atoms with Gasteiger partial charge >= 0.3 is 0 Å². The van der Waals surface area contributed by atoms with Crippen LogP contribution in [0.15, 0.2) is 95.5 Å². The van der Waals surface area contributed by atoms with Gasteiger partial charge in [0.25, 0.3) is 0 Å². The molecular weight excluding hydrogens is 406 g/mol. The Bertz CT molecular complexity index is 1190. The fourth-order valence-corrected chi connectivity index (χ4v) is 4.34. The molecule has 4 aromatic rings. The number of benzene rings is 2. The van der Waals surface area contributed by atoms with Crippen LogP contribution in [0.5, 0.6) is 5.75 Å². The van der Waals surface area contributed by atoms with Gasteiger partial charge in [0, 0.05) is 11.8 Å². The lowest BCUT2D eigenvalue weighted by molar-refractivity contribution is 0.409. The first-order valence-corrected chi connectivity index (χ1v) is 10.5. The van der Waals surface area contributed by atoms with Gasteiger partial charge in [-0.15, -0.1) is 0 Å².